The summed E-state index contributed by atoms with van der Waals surface area (Å²) in [7, 11) is 0. The topological polar surface area (TPSA) is 101 Å². The smallest absolute Gasteiger partial charge is 0.330 e. The first kappa shape index (κ1) is 21.6. The van der Waals surface area contributed by atoms with Gasteiger partial charge in [0.1, 0.15) is 5.82 Å². The summed E-state index contributed by atoms with van der Waals surface area (Å²) in [4.78, 5) is 41.8. The monoisotopic (exact) mass is 470 g/mol. The zero-order chi connectivity index (χ0) is 21.7. The van der Waals surface area contributed by atoms with Gasteiger partial charge in [0.25, 0.3) is 5.56 Å². The Hall–Kier alpha value is -3.13. The molecule has 0 unspecified atom stereocenters. The summed E-state index contributed by atoms with van der Waals surface area (Å²) < 4.78 is 2.19. The van der Waals surface area contributed by atoms with Crippen LogP contribution in [0, 0.1) is 0 Å². The maximum atomic E-state index is 13.1. The average molecular weight is 471 g/mol. The van der Waals surface area contributed by atoms with Gasteiger partial charge in [0.2, 0.25) is 5.91 Å². The van der Waals surface area contributed by atoms with Gasteiger partial charge in [-0.15, -0.1) is 0 Å². The Morgan fingerprint density at radius 1 is 1.07 bits per heavy atom. The first-order valence-corrected chi connectivity index (χ1v) is 10.4. The van der Waals surface area contributed by atoms with Crippen molar-refractivity contribution in [2.75, 3.05) is 17.2 Å². The number of nitrogens with two attached hydrogens (primary N) is 1. The average Bonchev–Trinajstić information content (AvgIpc) is 2.73. The van der Waals surface area contributed by atoms with E-state index in [9.17, 15) is 14.4 Å². The Morgan fingerprint density at radius 3 is 2.37 bits per heavy atom. The quantitative estimate of drug-likeness (QED) is 0.554. The highest BCUT2D eigenvalue weighted by Gasteiger charge is 2.24. The summed E-state index contributed by atoms with van der Waals surface area (Å²) in [6, 6.07) is 16.7. The molecule has 30 heavy (non-hydrogen) atoms. The number of carbonyl (C=O) groups is 1. The molecule has 0 aliphatic rings. The van der Waals surface area contributed by atoms with Gasteiger partial charge in [-0.1, -0.05) is 65.3 Å². The summed E-state index contributed by atoms with van der Waals surface area (Å²) >= 11 is 3.37. The molecule has 2 aromatic carbocycles. The number of hydrogen-bond donors (Lipinski definition) is 2. The Balaban J connectivity index is 2.00. The molecule has 1 heterocycles. The summed E-state index contributed by atoms with van der Waals surface area (Å²) in [6.45, 7) is 2.41. The standard InChI is InChI=1S/C22H23BrN4O3/c1-2-12-26(18(28)13-15-8-10-17(23)11-9-15)19-20(24)27(22(30)25-21(19)29)14-16-6-4-3-5-7-16/h3-11H,2,12-14,24H2,1H3,(H,25,29,30). The number of nitrogens with one attached hydrogen (secondary N) is 1. The van der Waals surface area contributed by atoms with E-state index in [1.807, 2.05) is 61.5 Å². The summed E-state index contributed by atoms with van der Waals surface area (Å²) in [5, 5.41) is 0. The minimum Gasteiger partial charge on any atom is -0.383 e. The van der Waals surface area contributed by atoms with Gasteiger partial charge in [0, 0.05) is 11.0 Å². The second kappa shape index (κ2) is 9.58. The van der Waals surface area contributed by atoms with Crippen LogP contribution in [0.2, 0.25) is 0 Å². The summed E-state index contributed by atoms with van der Waals surface area (Å²) in [5.74, 6) is -0.286. The van der Waals surface area contributed by atoms with E-state index in [0.717, 1.165) is 15.6 Å². The zero-order valence-corrected chi connectivity index (χ0v) is 18.2. The van der Waals surface area contributed by atoms with Crippen LogP contribution in [0.3, 0.4) is 0 Å². The molecule has 3 aromatic rings. The van der Waals surface area contributed by atoms with E-state index < -0.39 is 11.2 Å². The van der Waals surface area contributed by atoms with Gasteiger partial charge in [-0.3, -0.25) is 19.1 Å². The van der Waals surface area contributed by atoms with E-state index in [0.29, 0.717) is 13.0 Å². The van der Waals surface area contributed by atoms with Gasteiger partial charge in [0.15, 0.2) is 5.69 Å². The Labute approximate surface area is 182 Å². The van der Waals surface area contributed by atoms with E-state index in [1.54, 1.807) is 0 Å². The van der Waals surface area contributed by atoms with Crippen molar-refractivity contribution >= 4 is 33.3 Å². The third kappa shape index (κ3) is 4.88. The van der Waals surface area contributed by atoms with E-state index in [-0.39, 0.29) is 30.4 Å². The number of anilines is 2. The van der Waals surface area contributed by atoms with Crippen molar-refractivity contribution < 1.29 is 4.79 Å². The highest BCUT2D eigenvalue weighted by molar-refractivity contribution is 9.10. The van der Waals surface area contributed by atoms with Crippen molar-refractivity contribution in [1.29, 1.82) is 0 Å². The molecule has 0 saturated heterocycles. The van der Waals surface area contributed by atoms with E-state index >= 15 is 0 Å². The molecule has 0 aliphatic carbocycles. The fourth-order valence-corrected chi connectivity index (χ4v) is 3.48. The number of aromatic nitrogens is 2. The molecule has 8 heteroatoms. The fourth-order valence-electron chi connectivity index (χ4n) is 3.22. The number of nitrogen functional groups attached to an aromatic ring is 1. The zero-order valence-electron chi connectivity index (χ0n) is 16.6. The van der Waals surface area contributed by atoms with E-state index in [2.05, 4.69) is 20.9 Å². The molecule has 0 fully saturated rings. The predicted molar refractivity (Wildman–Crippen MR) is 122 cm³/mol. The van der Waals surface area contributed by atoms with Crippen LogP contribution in [-0.4, -0.2) is 22.0 Å². The SMILES string of the molecule is CCCN(C(=O)Cc1ccc(Br)cc1)c1c(N)n(Cc2ccccc2)c(=O)[nH]c1=O. The summed E-state index contributed by atoms with van der Waals surface area (Å²) in [6.07, 6.45) is 0.743. The lowest BCUT2D eigenvalue weighted by Crippen LogP contribution is -2.42. The highest BCUT2D eigenvalue weighted by Crippen LogP contribution is 2.20. The van der Waals surface area contributed by atoms with Gasteiger partial charge in [0.05, 0.1) is 13.0 Å². The number of H-pyrrole nitrogens is 1. The normalized spacial score (nSPS) is 10.7. The molecular formula is C22H23BrN4O3. The molecule has 0 spiro atoms. The minimum absolute atomic E-state index is 0.00879. The number of halogens is 1. The third-order valence-corrected chi connectivity index (χ3v) is 5.21. The predicted octanol–water partition coefficient (Wildman–Crippen LogP) is 2.92. The number of nitrogens with zero attached hydrogens (tertiary/aromatic N) is 2. The second-order valence-corrected chi connectivity index (χ2v) is 7.83. The van der Waals surface area contributed by atoms with Crippen LogP contribution >= 0.6 is 15.9 Å². The molecular weight excluding hydrogens is 448 g/mol. The van der Waals surface area contributed by atoms with Crippen LogP contribution in [0.1, 0.15) is 24.5 Å². The first-order chi connectivity index (χ1) is 14.4. The molecule has 156 valence electrons. The second-order valence-electron chi connectivity index (χ2n) is 6.91. The molecule has 3 N–H and O–H groups in total. The fraction of sp³-hybridized carbons (Fsp3) is 0.227. The minimum atomic E-state index is -0.667. The van der Waals surface area contributed by atoms with Gasteiger partial charge in [-0.05, 0) is 29.7 Å². The number of aromatic amines is 1. The van der Waals surface area contributed by atoms with Crippen LogP contribution in [0.15, 0.2) is 68.7 Å². The third-order valence-electron chi connectivity index (χ3n) is 4.68. The lowest BCUT2D eigenvalue weighted by atomic mass is 10.1. The number of hydrogen-bond acceptors (Lipinski definition) is 4. The van der Waals surface area contributed by atoms with Crippen LogP contribution in [0.25, 0.3) is 0 Å². The van der Waals surface area contributed by atoms with Gasteiger partial charge in [-0.2, -0.15) is 0 Å². The molecule has 1 aromatic heterocycles. The van der Waals surface area contributed by atoms with Crippen LogP contribution in [-0.2, 0) is 17.8 Å². The maximum Gasteiger partial charge on any atom is 0.330 e. The van der Waals surface area contributed by atoms with Crippen LogP contribution in [0.5, 0.6) is 0 Å². The number of amides is 1. The molecule has 0 radical (unpaired) electrons. The highest BCUT2D eigenvalue weighted by atomic mass is 79.9. The molecule has 0 atom stereocenters. The number of benzene rings is 2. The van der Waals surface area contributed by atoms with Crippen molar-refractivity contribution in [3.05, 3.63) is 91.0 Å². The number of carbonyl (C=O) groups excluding carboxylic acids is 1. The van der Waals surface area contributed by atoms with Gasteiger partial charge < -0.3 is 10.6 Å². The van der Waals surface area contributed by atoms with Gasteiger partial charge >= 0.3 is 5.69 Å². The van der Waals surface area contributed by atoms with Crippen LogP contribution in [0.4, 0.5) is 11.5 Å². The van der Waals surface area contributed by atoms with Crippen molar-refractivity contribution in [3.8, 4) is 0 Å². The first-order valence-electron chi connectivity index (χ1n) is 9.62. The van der Waals surface area contributed by atoms with E-state index in [1.165, 1.54) is 9.47 Å². The molecule has 0 saturated carbocycles. The molecule has 1 amide bonds. The van der Waals surface area contributed by atoms with Crippen molar-refractivity contribution in [2.24, 2.45) is 0 Å². The van der Waals surface area contributed by atoms with Crippen molar-refractivity contribution in [2.45, 2.75) is 26.3 Å². The number of rotatable bonds is 7. The Kier molecular flexibility index (Phi) is 6.89. The largest absolute Gasteiger partial charge is 0.383 e. The maximum absolute atomic E-state index is 13.1. The Morgan fingerprint density at radius 2 is 1.73 bits per heavy atom. The molecule has 0 aliphatic heterocycles. The Bertz CT molecular complexity index is 1140. The molecule has 3 rings (SSSR count). The lowest BCUT2D eigenvalue weighted by Gasteiger charge is -2.24. The van der Waals surface area contributed by atoms with Gasteiger partial charge in [-0.25, -0.2) is 4.79 Å². The summed E-state index contributed by atoms with van der Waals surface area (Å²) in [5.41, 5.74) is 6.66. The molecule has 7 nitrogen and oxygen atoms in total. The van der Waals surface area contributed by atoms with E-state index in [4.69, 9.17) is 5.73 Å². The lowest BCUT2D eigenvalue weighted by molar-refractivity contribution is -0.118. The van der Waals surface area contributed by atoms with Crippen molar-refractivity contribution in [3.63, 3.8) is 0 Å². The molecule has 0 bridgehead atoms. The van der Waals surface area contributed by atoms with Crippen molar-refractivity contribution in [1.82, 2.24) is 9.55 Å². The van der Waals surface area contributed by atoms with Crippen LogP contribution < -0.4 is 21.9 Å².